The number of nitrogens with zero attached hydrogens (tertiary/aromatic N) is 1. The van der Waals surface area contributed by atoms with Gasteiger partial charge in [-0.25, -0.2) is 0 Å². The molecule has 2 aromatic rings. The van der Waals surface area contributed by atoms with Crippen LogP contribution in [-0.4, -0.2) is 31.2 Å². The molecule has 0 N–H and O–H groups in total. The first-order valence-corrected chi connectivity index (χ1v) is 7.45. The molecule has 0 saturated carbocycles. The van der Waals surface area contributed by atoms with E-state index in [1.54, 1.807) is 48.5 Å². The van der Waals surface area contributed by atoms with E-state index in [4.69, 9.17) is 9.47 Å². The molecule has 0 aliphatic carbocycles. The number of hydrogen-bond acceptors (Lipinski definition) is 3. The van der Waals surface area contributed by atoms with Crippen molar-refractivity contribution in [1.82, 2.24) is 4.90 Å². The van der Waals surface area contributed by atoms with E-state index < -0.39 is 12.1 Å². The van der Waals surface area contributed by atoms with Gasteiger partial charge in [0.15, 0.2) is 0 Å². The molecule has 0 atom stereocenters. The fraction of sp³-hybridized carbons (Fsp3) is 0.278. The SMILES string of the molecule is COc1ccc(CN(Cc2ccc(OC)cc2)C(=O)C(F)(F)F)cc1. The molecule has 2 aromatic carbocycles. The molecule has 0 saturated heterocycles. The molecule has 0 unspecified atom stereocenters. The smallest absolute Gasteiger partial charge is 0.471 e. The van der Waals surface area contributed by atoms with Crippen LogP contribution in [0.3, 0.4) is 0 Å². The van der Waals surface area contributed by atoms with E-state index in [1.165, 1.54) is 14.2 Å². The van der Waals surface area contributed by atoms with Crippen LogP contribution in [0.25, 0.3) is 0 Å². The summed E-state index contributed by atoms with van der Waals surface area (Å²) in [6, 6.07) is 13.1. The predicted molar refractivity (Wildman–Crippen MR) is 86.3 cm³/mol. The van der Waals surface area contributed by atoms with Gasteiger partial charge in [0.1, 0.15) is 11.5 Å². The molecule has 134 valence electrons. The minimum absolute atomic E-state index is 0.158. The van der Waals surface area contributed by atoms with Crippen LogP contribution in [0, 0.1) is 0 Å². The van der Waals surface area contributed by atoms with Crippen LogP contribution in [0.1, 0.15) is 11.1 Å². The van der Waals surface area contributed by atoms with Crippen molar-refractivity contribution in [2.24, 2.45) is 0 Å². The Kier molecular flexibility index (Phi) is 5.90. The Morgan fingerprint density at radius 1 is 0.840 bits per heavy atom. The van der Waals surface area contributed by atoms with Crippen molar-refractivity contribution < 1.29 is 27.4 Å². The third-order valence-corrected chi connectivity index (χ3v) is 3.59. The van der Waals surface area contributed by atoms with E-state index in [0.717, 1.165) is 4.90 Å². The third-order valence-electron chi connectivity index (χ3n) is 3.59. The second-order valence-electron chi connectivity index (χ2n) is 5.36. The molecular weight excluding hydrogens is 335 g/mol. The first kappa shape index (κ1) is 18.6. The van der Waals surface area contributed by atoms with E-state index in [9.17, 15) is 18.0 Å². The van der Waals surface area contributed by atoms with Crippen LogP contribution >= 0.6 is 0 Å². The zero-order chi connectivity index (χ0) is 18.4. The molecule has 2 rings (SSSR count). The van der Waals surface area contributed by atoms with Crippen molar-refractivity contribution in [2.75, 3.05) is 14.2 Å². The topological polar surface area (TPSA) is 38.8 Å². The van der Waals surface area contributed by atoms with Crippen LogP contribution in [0.2, 0.25) is 0 Å². The predicted octanol–water partition coefficient (Wildman–Crippen LogP) is 3.79. The van der Waals surface area contributed by atoms with Gasteiger partial charge in [0.25, 0.3) is 0 Å². The Labute approximate surface area is 143 Å². The number of ether oxygens (including phenoxy) is 2. The minimum atomic E-state index is -4.93. The maximum absolute atomic E-state index is 12.9. The van der Waals surface area contributed by atoms with E-state index in [1.807, 2.05) is 0 Å². The van der Waals surface area contributed by atoms with Gasteiger partial charge < -0.3 is 14.4 Å². The zero-order valence-electron chi connectivity index (χ0n) is 13.8. The van der Waals surface area contributed by atoms with Crippen LogP contribution < -0.4 is 9.47 Å². The lowest BCUT2D eigenvalue weighted by molar-refractivity contribution is -0.186. The molecule has 4 nitrogen and oxygen atoms in total. The Morgan fingerprint density at radius 2 is 1.20 bits per heavy atom. The molecule has 0 radical (unpaired) electrons. The molecule has 25 heavy (non-hydrogen) atoms. The Balaban J connectivity index is 2.20. The highest BCUT2D eigenvalue weighted by molar-refractivity contribution is 5.81. The fourth-order valence-corrected chi connectivity index (χ4v) is 2.28. The lowest BCUT2D eigenvalue weighted by Gasteiger charge is -2.24. The number of amides is 1. The molecule has 0 aliphatic rings. The van der Waals surface area contributed by atoms with E-state index in [2.05, 4.69) is 0 Å². The highest BCUT2D eigenvalue weighted by atomic mass is 19.4. The van der Waals surface area contributed by atoms with Crippen molar-refractivity contribution in [3.63, 3.8) is 0 Å². The lowest BCUT2D eigenvalue weighted by Crippen LogP contribution is -2.40. The number of carbonyl (C=O) groups excluding carboxylic acids is 1. The highest BCUT2D eigenvalue weighted by Crippen LogP contribution is 2.23. The monoisotopic (exact) mass is 353 g/mol. The standard InChI is InChI=1S/C18H18F3NO3/c1-24-15-7-3-13(4-8-15)11-22(17(23)18(19,20)21)12-14-5-9-16(25-2)10-6-14/h3-10H,11-12H2,1-2H3. The summed E-state index contributed by atoms with van der Waals surface area (Å²) < 4.78 is 48.8. The van der Waals surface area contributed by atoms with Crippen molar-refractivity contribution >= 4 is 5.91 Å². The van der Waals surface area contributed by atoms with Gasteiger partial charge in [-0.05, 0) is 35.4 Å². The first-order chi connectivity index (χ1) is 11.8. The number of hydrogen-bond donors (Lipinski definition) is 0. The summed E-state index contributed by atoms with van der Waals surface area (Å²) in [6.45, 7) is -0.317. The number of methoxy groups -OCH3 is 2. The van der Waals surface area contributed by atoms with Crippen LogP contribution in [0.15, 0.2) is 48.5 Å². The lowest BCUT2D eigenvalue weighted by atomic mass is 10.1. The maximum Gasteiger partial charge on any atom is 0.471 e. The molecule has 1 amide bonds. The summed E-state index contributed by atoms with van der Waals surface area (Å²) in [5, 5.41) is 0. The second kappa shape index (κ2) is 7.92. The van der Waals surface area contributed by atoms with Crippen LogP contribution in [0.4, 0.5) is 13.2 Å². The Hall–Kier alpha value is -2.70. The molecule has 0 spiro atoms. The number of alkyl halides is 3. The van der Waals surface area contributed by atoms with Crippen molar-refractivity contribution in [1.29, 1.82) is 0 Å². The average Bonchev–Trinajstić information content (AvgIpc) is 2.61. The van der Waals surface area contributed by atoms with Gasteiger partial charge in [-0.2, -0.15) is 13.2 Å². The average molecular weight is 353 g/mol. The molecule has 0 aliphatic heterocycles. The van der Waals surface area contributed by atoms with Gasteiger partial charge in [0.05, 0.1) is 14.2 Å². The zero-order valence-corrected chi connectivity index (χ0v) is 13.8. The molecule has 0 bridgehead atoms. The van der Waals surface area contributed by atoms with Gasteiger partial charge in [-0.15, -0.1) is 0 Å². The van der Waals surface area contributed by atoms with E-state index in [0.29, 0.717) is 22.6 Å². The van der Waals surface area contributed by atoms with Gasteiger partial charge in [0.2, 0.25) is 0 Å². The van der Waals surface area contributed by atoms with Gasteiger partial charge >= 0.3 is 12.1 Å². The molecule has 0 heterocycles. The number of benzene rings is 2. The second-order valence-corrected chi connectivity index (χ2v) is 5.36. The minimum Gasteiger partial charge on any atom is -0.497 e. The van der Waals surface area contributed by atoms with Gasteiger partial charge in [0, 0.05) is 13.1 Å². The maximum atomic E-state index is 12.9. The molecule has 0 fully saturated rings. The first-order valence-electron chi connectivity index (χ1n) is 7.45. The summed E-state index contributed by atoms with van der Waals surface area (Å²) in [5.41, 5.74) is 1.15. The number of rotatable bonds is 6. The normalized spacial score (nSPS) is 11.1. The number of halogens is 3. The van der Waals surface area contributed by atoms with Crippen molar-refractivity contribution in [3.8, 4) is 11.5 Å². The van der Waals surface area contributed by atoms with E-state index in [-0.39, 0.29) is 13.1 Å². The summed E-state index contributed by atoms with van der Waals surface area (Å²) in [5.74, 6) is -0.695. The summed E-state index contributed by atoms with van der Waals surface area (Å²) in [4.78, 5) is 12.5. The third kappa shape index (κ3) is 5.14. The van der Waals surface area contributed by atoms with Crippen LogP contribution in [-0.2, 0) is 17.9 Å². The van der Waals surface area contributed by atoms with Crippen molar-refractivity contribution in [2.45, 2.75) is 19.3 Å². The van der Waals surface area contributed by atoms with Crippen molar-refractivity contribution in [3.05, 3.63) is 59.7 Å². The largest absolute Gasteiger partial charge is 0.497 e. The molecule has 7 heteroatoms. The number of carbonyl (C=O) groups is 1. The summed E-state index contributed by atoms with van der Waals surface area (Å²) in [6.07, 6.45) is -4.93. The van der Waals surface area contributed by atoms with E-state index >= 15 is 0 Å². The Bertz CT molecular complexity index is 648. The quantitative estimate of drug-likeness (QED) is 0.793. The molecular formula is C18H18F3NO3. The van der Waals surface area contributed by atoms with Gasteiger partial charge in [-0.3, -0.25) is 4.79 Å². The Morgan fingerprint density at radius 3 is 1.48 bits per heavy atom. The summed E-state index contributed by atoms with van der Waals surface area (Å²) in [7, 11) is 3.00. The molecule has 0 aromatic heterocycles. The van der Waals surface area contributed by atoms with Crippen LogP contribution in [0.5, 0.6) is 11.5 Å². The summed E-state index contributed by atoms with van der Waals surface area (Å²) >= 11 is 0. The fourth-order valence-electron chi connectivity index (χ4n) is 2.28. The van der Waals surface area contributed by atoms with Gasteiger partial charge in [-0.1, -0.05) is 24.3 Å². The highest BCUT2D eigenvalue weighted by Gasteiger charge is 2.42.